The van der Waals surface area contributed by atoms with Gasteiger partial charge in [0, 0.05) is 32.1 Å². The second-order valence-electron chi connectivity index (χ2n) is 5.85. The Bertz CT molecular complexity index is 842. The zero-order valence-electron chi connectivity index (χ0n) is 16.1. The standard InChI is InChI=1S/C18H26N4O3S2.HI/c1-14(17-8-5-11-26-17)22-18(19-2)20-13-15-6-4-7-16(12-15)27(23,24)21-9-10-25-3;/h4-8,11-12,14,21H,9-10,13H2,1-3H3,(H2,19,20,22);1H. The van der Waals surface area contributed by atoms with Crippen molar-refractivity contribution in [3.05, 3.63) is 52.2 Å². The predicted octanol–water partition coefficient (Wildman–Crippen LogP) is 2.72. The molecule has 0 saturated heterocycles. The van der Waals surface area contributed by atoms with Crippen molar-refractivity contribution < 1.29 is 13.2 Å². The third kappa shape index (κ3) is 7.66. The molecular formula is C18H27IN4O3S2. The summed E-state index contributed by atoms with van der Waals surface area (Å²) < 4.78 is 32.0. The van der Waals surface area contributed by atoms with Crippen LogP contribution in [0.2, 0.25) is 0 Å². The van der Waals surface area contributed by atoms with Gasteiger partial charge in [0.1, 0.15) is 0 Å². The molecule has 1 atom stereocenters. The van der Waals surface area contributed by atoms with Crippen LogP contribution in [0.5, 0.6) is 0 Å². The Kier molecular flexibility index (Phi) is 11.0. The van der Waals surface area contributed by atoms with Gasteiger partial charge >= 0.3 is 0 Å². The molecule has 0 radical (unpaired) electrons. The van der Waals surface area contributed by atoms with Crippen molar-refractivity contribution in [3.63, 3.8) is 0 Å². The molecule has 0 aliphatic heterocycles. The summed E-state index contributed by atoms with van der Waals surface area (Å²) in [6.07, 6.45) is 0. The molecular weight excluding hydrogens is 511 g/mol. The van der Waals surface area contributed by atoms with Gasteiger partial charge in [-0.05, 0) is 36.1 Å². The van der Waals surface area contributed by atoms with Gasteiger partial charge in [0.15, 0.2) is 5.96 Å². The summed E-state index contributed by atoms with van der Waals surface area (Å²) in [6, 6.07) is 11.0. The molecule has 1 aromatic heterocycles. The number of ether oxygens (including phenoxy) is 1. The van der Waals surface area contributed by atoms with E-state index in [1.165, 1.54) is 12.0 Å². The summed E-state index contributed by atoms with van der Waals surface area (Å²) in [4.78, 5) is 5.67. The molecule has 10 heteroatoms. The molecule has 0 spiro atoms. The SMILES string of the molecule is CN=C(NCc1cccc(S(=O)(=O)NCCOC)c1)NC(C)c1cccs1.I. The highest BCUT2D eigenvalue weighted by molar-refractivity contribution is 14.0. The first-order valence-corrected chi connectivity index (χ1v) is 10.9. The number of hydrogen-bond acceptors (Lipinski definition) is 5. The number of guanidine groups is 1. The van der Waals surface area contributed by atoms with Gasteiger partial charge < -0.3 is 15.4 Å². The number of hydrogen-bond donors (Lipinski definition) is 3. The highest BCUT2D eigenvalue weighted by atomic mass is 127. The van der Waals surface area contributed by atoms with Crippen LogP contribution in [0, 0.1) is 0 Å². The molecule has 28 heavy (non-hydrogen) atoms. The van der Waals surface area contributed by atoms with Gasteiger partial charge in [-0.2, -0.15) is 0 Å². The normalized spacial score (nSPS) is 12.9. The van der Waals surface area contributed by atoms with Crippen molar-refractivity contribution in [1.29, 1.82) is 0 Å². The summed E-state index contributed by atoms with van der Waals surface area (Å²) in [6.45, 7) is 3.08. The van der Waals surface area contributed by atoms with Crippen molar-refractivity contribution in [2.45, 2.75) is 24.4 Å². The molecule has 1 heterocycles. The number of sulfonamides is 1. The van der Waals surface area contributed by atoms with Crippen molar-refractivity contribution >= 4 is 51.3 Å². The van der Waals surface area contributed by atoms with E-state index in [9.17, 15) is 8.42 Å². The summed E-state index contributed by atoms with van der Waals surface area (Å²) in [7, 11) is -0.316. The van der Waals surface area contributed by atoms with Crippen LogP contribution < -0.4 is 15.4 Å². The zero-order chi connectivity index (χ0) is 19.7. The molecule has 2 aromatic rings. The van der Waals surface area contributed by atoms with E-state index < -0.39 is 10.0 Å². The van der Waals surface area contributed by atoms with Gasteiger partial charge in [-0.25, -0.2) is 13.1 Å². The van der Waals surface area contributed by atoms with Crippen LogP contribution in [0.3, 0.4) is 0 Å². The van der Waals surface area contributed by atoms with Crippen LogP contribution in [-0.2, 0) is 21.3 Å². The number of thiophene rings is 1. The molecule has 0 aliphatic carbocycles. The van der Waals surface area contributed by atoms with Crippen LogP contribution in [0.15, 0.2) is 51.7 Å². The molecule has 0 amide bonds. The van der Waals surface area contributed by atoms with Crippen LogP contribution in [-0.4, -0.2) is 41.7 Å². The minimum atomic E-state index is -3.55. The summed E-state index contributed by atoms with van der Waals surface area (Å²) in [5.41, 5.74) is 0.844. The van der Waals surface area contributed by atoms with Crippen molar-refractivity contribution in [3.8, 4) is 0 Å². The average molecular weight is 538 g/mol. The molecule has 7 nitrogen and oxygen atoms in total. The second kappa shape index (κ2) is 12.4. The first-order valence-electron chi connectivity index (χ1n) is 8.54. The number of rotatable bonds is 9. The van der Waals surface area contributed by atoms with E-state index in [2.05, 4.69) is 33.3 Å². The Hall–Kier alpha value is -1.21. The average Bonchev–Trinajstić information content (AvgIpc) is 3.20. The van der Waals surface area contributed by atoms with E-state index in [-0.39, 0.29) is 41.5 Å². The fraction of sp³-hybridized carbons (Fsp3) is 0.389. The van der Waals surface area contributed by atoms with E-state index in [1.807, 2.05) is 17.5 Å². The van der Waals surface area contributed by atoms with Crippen LogP contribution >= 0.6 is 35.3 Å². The molecule has 156 valence electrons. The number of nitrogens with zero attached hydrogens (tertiary/aromatic N) is 1. The number of benzene rings is 1. The van der Waals surface area contributed by atoms with Gasteiger partial charge in [-0.15, -0.1) is 35.3 Å². The highest BCUT2D eigenvalue weighted by Crippen LogP contribution is 2.18. The molecule has 0 aliphatic rings. The Balaban J connectivity index is 0.00000392. The fourth-order valence-electron chi connectivity index (χ4n) is 2.38. The Morgan fingerprint density at radius 3 is 2.71 bits per heavy atom. The Labute approximate surface area is 188 Å². The quantitative estimate of drug-likeness (QED) is 0.198. The minimum Gasteiger partial charge on any atom is -0.383 e. The topological polar surface area (TPSA) is 91.8 Å². The first kappa shape index (κ1) is 24.8. The van der Waals surface area contributed by atoms with Gasteiger partial charge in [-0.1, -0.05) is 18.2 Å². The second-order valence-corrected chi connectivity index (χ2v) is 8.59. The lowest BCUT2D eigenvalue weighted by molar-refractivity contribution is 0.204. The largest absolute Gasteiger partial charge is 0.383 e. The summed E-state index contributed by atoms with van der Waals surface area (Å²) in [5, 5.41) is 8.58. The van der Waals surface area contributed by atoms with Gasteiger partial charge in [0.2, 0.25) is 10.0 Å². The molecule has 0 saturated carbocycles. The summed E-state index contributed by atoms with van der Waals surface area (Å²) in [5.74, 6) is 0.655. The van der Waals surface area contributed by atoms with Gasteiger partial charge in [0.25, 0.3) is 0 Å². The third-order valence-electron chi connectivity index (χ3n) is 3.81. The lowest BCUT2D eigenvalue weighted by atomic mass is 10.2. The molecule has 2 rings (SSSR count). The number of methoxy groups -OCH3 is 1. The first-order chi connectivity index (χ1) is 13.0. The highest BCUT2D eigenvalue weighted by Gasteiger charge is 2.14. The monoisotopic (exact) mass is 538 g/mol. The zero-order valence-corrected chi connectivity index (χ0v) is 20.1. The van der Waals surface area contributed by atoms with Crippen LogP contribution in [0.4, 0.5) is 0 Å². The Morgan fingerprint density at radius 2 is 2.07 bits per heavy atom. The molecule has 1 unspecified atom stereocenters. The van der Waals surface area contributed by atoms with Gasteiger partial charge in [0.05, 0.1) is 17.5 Å². The van der Waals surface area contributed by atoms with E-state index in [0.29, 0.717) is 19.1 Å². The van der Waals surface area contributed by atoms with Crippen molar-refractivity contribution in [2.24, 2.45) is 4.99 Å². The molecule has 1 aromatic carbocycles. The van der Waals surface area contributed by atoms with Crippen LogP contribution in [0.25, 0.3) is 0 Å². The maximum atomic E-state index is 12.3. The minimum absolute atomic E-state index is 0. The smallest absolute Gasteiger partial charge is 0.240 e. The maximum absolute atomic E-state index is 12.3. The van der Waals surface area contributed by atoms with Crippen molar-refractivity contribution in [1.82, 2.24) is 15.4 Å². The lowest BCUT2D eigenvalue weighted by Gasteiger charge is -2.17. The van der Waals surface area contributed by atoms with E-state index in [1.54, 1.807) is 36.6 Å². The van der Waals surface area contributed by atoms with E-state index in [0.717, 1.165) is 5.56 Å². The molecule has 3 N–H and O–H groups in total. The third-order valence-corrected chi connectivity index (χ3v) is 6.33. The van der Waals surface area contributed by atoms with Gasteiger partial charge in [-0.3, -0.25) is 4.99 Å². The lowest BCUT2D eigenvalue weighted by Crippen LogP contribution is -2.38. The fourth-order valence-corrected chi connectivity index (χ4v) is 4.20. The number of halogens is 1. The molecule has 0 bridgehead atoms. The van der Waals surface area contributed by atoms with Crippen molar-refractivity contribution in [2.75, 3.05) is 27.3 Å². The summed E-state index contributed by atoms with van der Waals surface area (Å²) >= 11 is 1.68. The number of nitrogens with one attached hydrogen (secondary N) is 3. The number of aliphatic imine (C=N–C) groups is 1. The maximum Gasteiger partial charge on any atom is 0.240 e. The predicted molar refractivity (Wildman–Crippen MR) is 125 cm³/mol. The Morgan fingerprint density at radius 1 is 1.29 bits per heavy atom. The van der Waals surface area contributed by atoms with E-state index in [4.69, 9.17) is 4.74 Å². The van der Waals surface area contributed by atoms with Crippen LogP contribution in [0.1, 0.15) is 23.4 Å². The van der Waals surface area contributed by atoms with E-state index >= 15 is 0 Å². The molecule has 0 fully saturated rings.